The number of rotatable bonds is 4. The van der Waals surface area contributed by atoms with Crippen LogP contribution in [0.5, 0.6) is 0 Å². The second kappa shape index (κ2) is 4.90. The van der Waals surface area contributed by atoms with Gasteiger partial charge in [-0.3, -0.25) is 4.98 Å². The standard InChI is InChI=1S/C13H13N3O4S/c1-16-5-4-9(8-16)7-14-21(18,19)10-2-3-11-12(6-10)20-13(17)15-11/h2-6,8,14H,7H2,1H3,(H,15,17). The van der Waals surface area contributed by atoms with Crippen molar-refractivity contribution in [1.82, 2.24) is 14.3 Å². The summed E-state index contributed by atoms with van der Waals surface area (Å²) in [6, 6.07) is 6.07. The average molecular weight is 307 g/mol. The first-order valence-electron chi connectivity index (χ1n) is 6.17. The Balaban J connectivity index is 1.86. The van der Waals surface area contributed by atoms with E-state index in [1.165, 1.54) is 18.2 Å². The predicted molar refractivity (Wildman–Crippen MR) is 76.3 cm³/mol. The van der Waals surface area contributed by atoms with Crippen LogP contribution in [0.1, 0.15) is 5.56 Å². The quantitative estimate of drug-likeness (QED) is 0.749. The maximum Gasteiger partial charge on any atom is 0.417 e. The normalized spacial score (nSPS) is 12.0. The SMILES string of the molecule is Cn1ccc(CNS(=O)(=O)c2ccc3[nH]c(=O)oc3c2)c1. The van der Waals surface area contributed by atoms with E-state index >= 15 is 0 Å². The molecule has 0 saturated carbocycles. The number of nitrogens with one attached hydrogen (secondary N) is 2. The van der Waals surface area contributed by atoms with E-state index in [0.717, 1.165) is 5.56 Å². The first-order chi connectivity index (χ1) is 9.94. The number of hydrogen-bond acceptors (Lipinski definition) is 4. The van der Waals surface area contributed by atoms with Gasteiger partial charge < -0.3 is 8.98 Å². The van der Waals surface area contributed by atoms with Gasteiger partial charge in [-0.2, -0.15) is 0 Å². The van der Waals surface area contributed by atoms with Crippen molar-refractivity contribution in [2.75, 3.05) is 0 Å². The van der Waals surface area contributed by atoms with Gasteiger partial charge in [-0.25, -0.2) is 17.9 Å². The Morgan fingerprint density at radius 2 is 2.14 bits per heavy atom. The number of oxazole rings is 1. The molecular formula is C13H13N3O4S. The van der Waals surface area contributed by atoms with E-state index in [4.69, 9.17) is 4.42 Å². The second-order valence-electron chi connectivity index (χ2n) is 4.68. The molecule has 21 heavy (non-hydrogen) atoms. The molecule has 0 aliphatic heterocycles. The molecule has 1 aromatic carbocycles. The van der Waals surface area contributed by atoms with Gasteiger partial charge in [0, 0.05) is 32.1 Å². The van der Waals surface area contributed by atoms with Crippen molar-refractivity contribution in [3.63, 3.8) is 0 Å². The van der Waals surface area contributed by atoms with E-state index in [1.807, 2.05) is 30.1 Å². The lowest BCUT2D eigenvalue weighted by atomic mass is 10.3. The van der Waals surface area contributed by atoms with Crippen molar-refractivity contribution >= 4 is 21.1 Å². The number of sulfonamides is 1. The molecule has 0 saturated heterocycles. The summed E-state index contributed by atoms with van der Waals surface area (Å²) < 4.78 is 33.6. The molecule has 110 valence electrons. The number of benzene rings is 1. The highest BCUT2D eigenvalue weighted by Gasteiger charge is 2.15. The summed E-state index contributed by atoms with van der Waals surface area (Å²) in [5, 5.41) is 0. The lowest BCUT2D eigenvalue weighted by Crippen LogP contribution is -2.23. The predicted octanol–water partition coefficient (Wildman–Crippen LogP) is 0.938. The Bertz CT molecular complexity index is 949. The Kier molecular flexibility index (Phi) is 3.19. The van der Waals surface area contributed by atoms with Crippen LogP contribution in [0.15, 0.2) is 50.8 Å². The number of aromatic amines is 1. The molecule has 0 atom stereocenters. The third-order valence-electron chi connectivity index (χ3n) is 3.06. The summed E-state index contributed by atoms with van der Waals surface area (Å²) in [4.78, 5) is 13.6. The zero-order chi connectivity index (χ0) is 15.0. The molecule has 7 nitrogen and oxygen atoms in total. The molecule has 0 fully saturated rings. The smallest absolute Gasteiger partial charge is 0.408 e. The highest BCUT2D eigenvalue weighted by Crippen LogP contribution is 2.16. The van der Waals surface area contributed by atoms with Crippen molar-refractivity contribution in [2.45, 2.75) is 11.4 Å². The maximum absolute atomic E-state index is 12.2. The van der Waals surface area contributed by atoms with Crippen LogP contribution in [0.2, 0.25) is 0 Å². The lowest BCUT2D eigenvalue weighted by Gasteiger charge is -2.05. The summed E-state index contributed by atoms with van der Waals surface area (Å²) in [6.45, 7) is 0.193. The molecule has 3 rings (SSSR count). The summed E-state index contributed by atoms with van der Waals surface area (Å²) in [6.07, 6.45) is 3.67. The van der Waals surface area contributed by atoms with Gasteiger partial charge in [-0.1, -0.05) is 0 Å². The minimum absolute atomic E-state index is 0.0497. The number of aryl methyl sites for hydroxylation is 1. The van der Waals surface area contributed by atoms with E-state index in [1.54, 1.807) is 0 Å². The maximum atomic E-state index is 12.2. The van der Waals surface area contributed by atoms with Gasteiger partial charge >= 0.3 is 5.76 Å². The van der Waals surface area contributed by atoms with E-state index in [0.29, 0.717) is 5.52 Å². The summed E-state index contributed by atoms with van der Waals surface area (Å²) >= 11 is 0. The van der Waals surface area contributed by atoms with Crippen LogP contribution in [-0.4, -0.2) is 18.0 Å². The molecule has 8 heteroatoms. The van der Waals surface area contributed by atoms with Gasteiger partial charge in [0.2, 0.25) is 10.0 Å². The Morgan fingerprint density at radius 1 is 1.33 bits per heavy atom. The van der Waals surface area contributed by atoms with Gasteiger partial charge in [-0.05, 0) is 23.8 Å². The molecule has 0 amide bonds. The monoisotopic (exact) mass is 307 g/mol. The molecule has 2 N–H and O–H groups in total. The van der Waals surface area contributed by atoms with Crippen LogP contribution < -0.4 is 10.5 Å². The zero-order valence-corrected chi connectivity index (χ0v) is 12.0. The number of H-pyrrole nitrogens is 1. The van der Waals surface area contributed by atoms with E-state index < -0.39 is 15.8 Å². The van der Waals surface area contributed by atoms with E-state index in [-0.39, 0.29) is 17.0 Å². The minimum Gasteiger partial charge on any atom is -0.408 e. The molecular weight excluding hydrogens is 294 g/mol. The van der Waals surface area contributed by atoms with Gasteiger partial charge in [-0.15, -0.1) is 0 Å². The highest BCUT2D eigenvalue weighted by molar-refractivity contribution is 7.89. The fourth-order valence-electron chi connectivity index (χ4n) is 2.02. The fourth-order valence-corrected chi connectivity index (χ4v) is 3.05. The third-order valence-corrected chi connectivity index (χ3v) is 4.46. The van der Waals surface area contributed by atoms with Crippen molar-refractivity contribution in [3.05, 3.63) is 52.8 Å². The van der Waals surface area contributed by atoms with Crippen molar-refractivity contribution in [3.8, 4) is 0 Å². The largest absolute Gasteiger partial charge is 0.417 e. The summed E-state index contributed by atoms with van der Waals surface area (Å²) in [7, 11) is -1.81. The molecule has 0 aliphatic carbocycles. The number of aromatic nitrogens is 2. The summed E-state index contributed by atoms with van der Waals surface area (Å²) in [5.41, 5.74) is 1.53. The Labute approximate surface area is 120 Å². The van der Waals surface area contributed by atoms with Crippen molar-refractivity contribution in [2.24, 2.45) is 7.05 Å². The van der Waals surface area contributed by atoms with Gasteiger partial charge in [0.1, 0.15) is 0 Å². The first kappa shape index (κ1) is 13.7. The molecule has 0 aliphatic rings. The number of nitrogens with zero attached hydrogens (tertiary/aromatic N) is 1. The van der Waals surface area contributed by atoms with Crippen LogP contribution in [0, 0.1) is 0 Å². The molecule has 3 aromatic rings. The molecule has 0 bridgehead atoms. The third kappa shape index (κ3) is 2.76. The topological polar surface area (TPSA) is 97.1 Å². The van der Waals surface area contributed by atoms with E-state index in [9.17, 15) is 13.2 Å². The number of hydrogen-bond donors (Lipinski definition) is 2. The molecule has 0 radical (unpaired) electrons. The van der Waals surface area contributed by atoms with Gasteiger partial charge in [0.25, 0.3) is 0 Å². The Hall–Kier alpha value is -2.32. The molecule has 2 heterocycles. The van der Waals surface area contributed by atoms with Gasteiger partial charge in [0.05, 0.1) is 10.4 Å². The lowest BCUT2D eigenvalue weighted by molar-refractivity contribution is 0.553. The molecule has 2 aromatic heterocycles. The zero-order valence-electron chi connectivity index (χ0n) is 11.2. The first-order valence-corrected chi connectivity index (χ1v) is 7.66. The van der Waals surface area contributed by atoms with Crippen LogP contribution in [-0.2, 0) is 23.6 Å². The number of fused-ring (bicyclic) bond motifs is 1. The fraction of sp³-hybridized carbons (Fsp3) is 0.154. The van der Waals surface area contributed by atoms with Crippen LogP contribution in [0.4, 0.5) is 0 Å². The molecule has 0 spiro atoms. The molecule has 0 unspecified atom stereocenters. The van der Waals surface area contributed by atoms with Crippen molar-refractivity contribution < 1.29 is 12.8 Å². The second-order valence-corrected chi connectivity index (χ2v) is 6.45. The van der Waals surface area contributed by atoms with Crippen molar-refractivity contribution in [1.29, 1.82) is 0 Å². The van der Waals surface area contributed by atoms with E-state index in [2.05, 4.69) is 9.71 Å². The van der Waals surface area contributed by atoms with Crippen LogP contribution >= 0.6 is 0 Å². The highest BCUT2D eigenvalue weighted by atomic mass is 32.2. The van der Waals surface area contributed by atoms with Gasteiger partial charge in [0.15, 0.2) is 5.58 Å². The average Bonchev–Trinajstić information content (AvgIpc) is 3.00. The van der Waals surface area contributed by atoms with Crippen LogP contribution in [0.3, 0.4) is 0 Å². The summed E-state index contributed by atoms with van der Waals surface area (Å²) in [5.74, 6) is -0.614. The minimum atomic E-state index is -3.67. The Morgan fingerprint density at radius 3 is 2.86 bits per heavy atom. The van der Waals surface area contributed by atoms with Crippen LogP contribution in [0.25, 0.3) is 11.1 Å².